The van der Waals surface area contributed by atoms with Crippen LogP contribution in [0.5, 0.6) is 11.5 Å². The van der Waals surface area contributed by atoms with Crippen LogP contribution in [0.4, 0.5) is 0 Å². The van der Waals surface area contributed by atoms with Crippen molar-refractivity contribution in [2.75, 3.05) is 13.7 Å². The zero-order valence-corrected chi connectivity index (χ0v) is 11.9. The predicted octanol–water partition coefficient (Wildman–Crippen LogP) is 4.42. The number of halogens is 1. The Morgan fingerprint density at radius 1 is 0.895 bits per heavy atom. The fourth-order valence-corrected chi connectivity index (χ4v) is 2.16. The van der Waals surface area contributed by atoms with E-state index in [1.165, 1.54) is 0 Å². The molecule has 0 radical (unpaired) electrons. The van der Waals surface area contributed by atoms with Crippen LogP contribution in [0.1, 0.15) is 23.4 Å². The second-order valence-electron chi connectivity index (χ2n) is 4.14. The summed E-state index contributed by atoms with van der Waals surface area (Å²) in [6.45, 7) is 2.64. The molecule has 19 heavy (non-hydrogen) atoms. The second kappa shape index (κ2) is 6.48. The number of benzene rings is 2. The summed E-state index contributed by atoms with van der Waals surface area (Å²) in [6, 6.07) is 15.7. The van der Waals surface area contributed by atoms with Gasteiger partial charge in [-0.05, 0) is 42.3 Å². The third kappa shape index (κ3) is 3.42. The first kappa shape index (κ1) is 13.8. The molecule has 0 aliphatic heterocycles. The van der Waals surface area contributed by atoms with Crippen molar-refractivity contribution in [1.82, 2.24) is 0 Å². The van der Waals surface area contributed by atoms with E-state index in [0.29, 0.717) is 6.61 Å². The summed E-state index contributed by atoms with van der Waals surface area (Å²) in [6.07, 6.45) is 0. The molecule has 100 valence electrons. The number of methoxy groups -OCH3 is 1. The van der Waals surface area contributed by atoms with Crippen molar-refractivity contribution in [2.45, 2.75) is 12.3 Å². The van der Waals surface area contributed by atoms with Crippen molar-refractivity contribution in [1.29, 1.82) is 0 Å². The van der Waals surface area contributed by atoms with Gasteiger partial charge in [0.25, 0.3) is 0 Å². The minimum Gasteiger partial charge on any atom is -0.497 e. The lowest BCUT2D eigenvalue weighted by atomic mass is 10.0. The maximum Gasteiger partial charge on any atom is 0.119 e. The maximum atomic E-state index is 6.47. The lowest BCUT2D eigenvalue weighted by Crippen LogP contribution is -1.95. The van der Waals surface area contributed by atoms with E-state index in [1.54, 1.807) is 7.11 Å². The third-order valence-electron chi connectivity index (χ3n) is 2.89. The molecule has 0 bridgehead atoms. The van der Waals surface area contributed by atoms with Gasteiger partial charge < -0.3 is 9.47 Å². The van der Waals surface area contributed by atoms with Gasteiger partial charge in [-0.2, -0.15) is 0 Å². The quantitative estimate of drug-likeness (QED) is 0.753. The summed E-state index contributed by atoms with van der Waals surface area (Å²) >= 11 is 6.47. The van der Waals surface area contributed by atoms with Crippen LogP contribution >= 0.6 is 11.6 Å². The third-order valence-corrected chi connectivity index (χ3v) is 3.40. The van der Waals surface area contributed by atoms with Gasteiger partial charge in [-0.25, -0.2) is 0 Å². The molecule has 0 spiro atoms. The summed E-state index contributed by atoms with van der Waals surface area (Å²) in [5.74, 6) is 1.70. The molecule has 0 aliphatic rings. The normalized spacial score (nSPS) is 11.9. The largest absolute Gasteiger partial charge is 0.497 e. The van der Waals surface area contributed by atoms with Gasteiger partial charge in [-0.1, -0.05) is 24.3 Å². The highest BCUT2D eigenvalue weighted by Crippen LogP contribution is 2.30. The van der Waals surface area contributed by atoms with Crippen molar-refractivity contribution in [3.05, 3.63) is 59.7 Å². The molecule has 0 saturated carbocycles. The predicted molar refractivity (Wildman–Crippen MR) is 78.3 cm³/mol. The van der Waals surface area contributed by atoms with E-state index in [0.717, 1.165) is 22.6 Å². The number of rotatable bonds is 5. The molecule has 0 heterocycles. The molecule has 2 rings (SSSR count). The van der Waals surface area contributed by atoms with E-state index in [4.69, 9.17) is 21.1 Å². The Morgan fingerprint density at radius 3 is 1.79 bits per heavy atom. The van der Waals surface area contributed by atoms with E-state index in [-0.39, 0.29) is 5.38 Å². The Labute approximate surface area is 118 Å². The van der Waals surface area contributed by atoms with Gasteiger partial charge in [0.1, 0.15) is 11.5 Å². The average molecular weight is 277 g/mol. The molecule has 1 unspecified atom stereocenters. The summed E-state index contributed by atoms with van der Waals surface area (Å²) < 4.78 is 10.6. The SMILES string of the molecule is CCOc1ccc(C(Cl)c2ccc(OC)cc2)cc1. The molecule has 0 aliphatic carbocycles. The van der Waals surface area contributed by atoms with Crippen LogP contribution in [-0.2, 0) is 0 Å². The minimum absolute atomic E-state index is 0.165. The van der Waals surface area contributed by atoms with Crippen molar-refractivity contribution >= 4 is 11.6 Å². The number of alkyl halides is 1. The van der Waals surface area contributed by atoms with Crippen LogP contribution < -0.4 is 9.47 Å². The molecular weight excluding hydrogens is 260 g/mol. The van der Waals surface area contributed by atoms with Crippen LogP contribution in [-0.4, -0.2) is 13.7 Å². The highest BCUT2D eigenvalue weighted by Gasteiger charge is 2.10. The molecule has 0 N–H and O–H groups in total. The summed E-state index contributed by atoms with van der Waals surface area (Å²) in [5.41, 5.74) is 2.10. The zero-order valence-electron chi connectivity index (χ0n) is 11.1. The van der Waals surface area contributed by atoms with Gasteiger partial charge in [-0.3, -0.25) is 0 Å². The molecular formula is C16H17ClO2. The topological polar surface area (TPSA) is 18.5 Å². The lowest BCUT2D eigenvalue weighted by molar-refractivity contribution is 0.340. The first-order valence-electron chi connectivity index (χ1n) is 6.25. The van der Waals surface area contributed by atoms with Crippen LogP contribution in [0.2, 0.25) is 0 Å². The molecule has 2 aromatic rings. The standard InChI is InChI=1S/C16H17ClO2/c1-3-19-15-10-6-13(7-11-15)16(17)12-4-8-14(18-2)9-5-12/h4-11,16H,3H2,1-2H3. The monoisotopic (exact) mass is 276 g/mol. The Balaban J connectivity index is 2.15. The van der Waals surface area contributed by atoms with Crippen molar-refractivity contribution in [3.8, 4) is 11.5 Å². The smallest absolute Gasteiger partial charge is 0.119 e. The van der Waals surface area contributed by atoms with Crippen molar-refractivity contribution in [3.63, 3.8) is 0 Å². The fourth-order valence-electron chi connectivity index (χ4n) is 1.87. The van der Waals surface area contributed by atoms with E-state index in [1.807, 2.05) is 55.5 Å². The minimum atomic E-state index is -0.165. The Bertz CT molecular complexity index is 505. The van der Waals surface area contributed by atoms with Gasteiger partial charge >= 0.3 is 0 Å². The van der Waals surface area contributed by atoms with Gasteiger partial charge in [0.2, 0.25) is 0 Å². The Kier molecular flexibility index (Phi) is 4.69. The van der Waals surface area contributed by atoms with Crippen LogP contribution in [0.15, 0.2) is 48.5 Å². The van der Waals surface area contributed by atoms with Crippen molar-refractivity contribution < 1.29 is 9.47 Å². The lowest BCUT2D eigenvalue weighted by Gasteiger charge is -2.12. The number of hydrogen-bond donors (Lipinski definition) is 0. The van der Waals surface area contributed by atoms with E-state index < -0.39 is 0 Å². The Hall–Kier alpha value is -1.67. The van der Waals surface area contributed by atoms with Gasteiger partial charge in [0.15, 0.2) is 0 Å². The summed E-state index contributed by atoms with van der Waals surface area (Å²) in [7, 11) is 1.65. The van der Waals surface area contributed by atoms with Crippen LogP contribution in [0, 0.1) is 0 Å². The van der Waals surface area contributed by atoms with E-state index in [9.17, 15) is 0 Å². The van der Waals surface area contributed by atoms with Crippen LogP contribution in [0.3, 0.4) is 0 Å². The van der Waals surface area contributed by atoms with Crippen molar-refractivity contribution in [2.24, 2.45) is 0 Å². The molecule has 0 fully saturated rings. The highest BCUT2D eigenvalue weighted by molar-refractivity contribution is 6.22. The summed E-state index contributed by atoms with van der Waals surface area (Å²) in [4.78, 5) is 0. The van der Waals surface area contributed by atoms with E-state index >= 15 is 0 Å². The first-order valence-corrected chi connectivity index (χ1v) is 6.69. The molecule has 3 heteroatoms. The zero-order chi connectivity index (χ0) is 13.7. The fraction of sp³-hybridized carbons (Fsp3) is 0.250. The number of hydrogen-bond acceptors (Lipinski definition) is 2. The van der Waals surface area contributed by atoms with Gasteiger partial charge in [0.05, 0.1) is 19.1 Å². The molecule has 2 nitrogen and oxygen atoms in total. The second-order valence-corrected chi connectivity index (χ2v) is 4.57. The van der Waals surface area contributed by atoms with E-state index in [2.05, 4.69) is 0 Å². The van der Waals surface area contributed by atoms with Gasteiger partial charge in [-0.15, -0.1) is 11.6 Å². The number of ether oxygens (including phenoxy) is 2. The Morgan fingerprint density at radius 2 is 1.37 bits per heavy atom. The highest BCUT2D eigenvalue weighted by atomic mass is 35.5. The summed E-state index contributed by atoms with van der Waals surface area (Å²) in [5, 5.41) is -0.165. The molecule has 1 atom stereocenters. The molecule has 0 amide bonds. The molecule has 2 aromatic carbocycles. The molecule has 0 saturated heterocycles. The van der Waals surface area contributed by atoms with Crippen LogP contribution in [0.25, 0.3) is 0 Å². The maximum absolute atomic E-state index is 6.47. The average Bonchev–Trinajstić information content (AvgIpc) is 2.48. The first-order chi connectivity index (χ1) is 9.24. The molecule has 0 aromatic heterocycles. The van der Waals surface area contributed by atoms with Gasteiger partial charge in [0, 0.05) is 0 Å².